The van der Waals surface area contributed by atoms with Crippen LogP contribution in [0.3, 0.4) is 0 Å². The third-order valence-electron chi connectivity index (χ3n) is 9.74. The predicted molar refractivity (Wildman–Crippen MR) is 231 cm³/mol. The normalized spacial score (nSPS) is 13.1. The van der Waals surface area contributed by atoms with Crippen molar-refractivity contribution < 1.29 is 48.1 Å². The minimum absolute atomic E-state index is 0.00799. The van der Waals surface area contributed by atoms with E-state index in [9.17, 15) is 38.7 Å². The number of carbonyl (C=O) groups is 7. The fourth-order valence-electron chi connectivity index (χ4n) is 6.56. The van der Waals surface area contributed by atoms with Gasteiger partial charge in [-0.3, -0.25) is 28.8 Å². The number of hydrogen-bond acceptors (Lipinski definition) is 9. The van der Waals surface area contributed by atoms with E-state index in [-0.39, 0.29) is 38.1 Å². The summed E-state index contributed by atoms with van der Waals surface area (Å²) in [5, 5.41) is 23.6. The van der Waals surface area contributed by atoms with Crippen molar-refractivity contribution >= 4 is 52.5 Å². The number of carbonyl (C=O) groups excluding carboxylic acids is 6. The third-order valence-corrected chi connectivity index (χ3v) is 9.74. The molecule has 0 saturated carbocycles. The van der Waals surface area contributed by atoms with Gasteiger partial charge in [-0.05, 0) is 81.3 Å². The highest BCUT2D eigenvalue weighted by molar-refractivity contribution is 5.97. The monoisotopic (exact) mass is 855 g/mol. The highest BCUT2D eigenvalue weighted by Crippen LogP contribution is 2.20. The lowest BCUT2D eigenvalue weighted by Gasteiger charge is -2.27. The average Bonchev–Trinajstić information content (AvgIpc) is 3.63. The molecular weight excluding hydrogens is 799 g/mol. The summed E-state index contributed by atoms with van der Waals surface area (Å²) in [7, 11) is 1.57. The summed E-state index contributed by atoms with van der Waals surface area (Å²) in [4.78, 5) is 94.9. The second-order valence-corrected chi connectivity index (χ2v) is 15.8. The maximum atomic E-state index is 14.2. The lowest BCUT2D eigenvalue weighted by Crippen LogP contribution is -2.59. The zero-order valence-corrected chi connectivity index (χ0v) is 35.5. The van der Waals surface area contributed by atoms with Crippen molar-refractivity contribution in [1.29, 1.82) is 0 Å². The van der Waals surface area contributed by atoms with Crippen LogP contribution in [-0.4, -0.2) is 95.1 Å². The minimum atomic E-state index is -1.68. The molecule has 17 nitrogen and oxygen atoms in total. The van der Waals surface area contributed by atoms with E-state index >= 15 is 0 Å². The van der Waals surface area contributed by atoms with Crippen LogP contribution in [0.4, 0.5) is 4.79 Å². The summed E-state index contributed by atoms with van der Waals surface area (Å²) in [6.07, 6.45) is 1.40. The molecule has 4 atom stereocenters. The average molecular weight is 856 g/mol. The first-order chi connectivity index (χ1) is 29.5. The van der Waals surface area contributed by atoms with Crippen molar-refractivity contribution in [2.24, 2.45) is 5.73 Å². The van der Waals surface area contributed by atoms with Gasteiger partial charge in [-0.25, -0.2) is 4.79 Å². The number of aromatic nitrogens is 1. The Morgan fingerprint density at radius 2 is 1.35 bits per heavy atom. The Morgan fingerprint density at radius 3 is 2.02 bits per heavy atom. The van der Waals surface area contributed by atoms with Crippen LogP contribution in [0.2, 0.25) is 0 Å². The van der Waals surface area contributed by atoms with Crippen molar-refractivity contribution in [2.45, 2.75) is 102 Å². The van der Waals surface area contributed by atoms with Gasteiger partial charge in [-0.15, -0.1) is 0 Å². The molecule has 62 heavy (non-hydrogen) atoms. The van der Waals surface area contributed by atoms with Gasteiger partial charge < -0.3 is 51.9 Å². The minimum Gasteiger partial charge on any atom is -0.497 e. The van der Waals surface area contributed by atoms with Gasteiger partial charge in [0.25, 0.3) is 0 Å². The fraction of sp³-hybridized carbons (Fsp3) is 0.400. The Hall–Kier alpha value is -6.91. The largest absolute Gasteiger partial charge is 0.497 e. The molecule has 4 rings (SSSR count). The first-order valence-corrected chi connectivity index (χ1v) is 20.4. The number of nitrogens with two attached hydrogens (primary N) is 1. The number of ether oxygens (including phenoxy) is 2. The number of primary amides is 1. The smallest absolute Gasteiger partial charge is 0.408 e. The Morgan fingerprint density at radius 1 is 0.726 bits per heavy atom. The van der Waals surface area contributed by atoms with E-state index in [0.29, 0.717) is 36.1 Å². The van der Waals surface area contributed by atoms with Crippen LogP contribution in [0.15, 0.2) is 85.1 Å². The number of amides is 6. The van der Waals surface area contributed by atoms with Gasteiger partial charge in [0.2, 0.25) is 29.5 Å². The number of benzene rings is 3. The van der Waals surface area contributed by atoms with Gasteiger partial charge in [0, 0.05) is 42.9 Å². The van der Waals surface area contributed by atoms with Gasteiger partial charge in [-0.1, -0.05) is 60.7 Å². The lowest BCUT2D eigenvalue weighted by molar-refractivity contribution is -0.141. The number of methoxy groups -OCH3 is 1. The molecule has 0 unspecified atom stereocenters. The number of H-pyrrole nitrogens is 1. The quantitative estimate of drug-likeness (QED) is 0.0506. The molecule has 0 bridgehead atoms. The van der Waals surface area contributed by atoms with Crippen LogP contribution in [0.5, 0.6) is 5.75 Å². The second kappa shape index (κ2) is 23.2. The maximum Gasteiger partial charge on any atom is 0.408 e. The first kappa shape index (κ1) is 47.8. The SMILES string of the molecule is COc1ccc(CCC(=O)NCCCC[C@H](NC(=O)[C@H](Cc2c[nH]c3ccccc23)NC(=O)OC(C)(C)C)C(=O)N[C@@H](CC(=O)O)C(=O)N[C@@H](Cc2ccccc2)C(N)=O)cc1. The van der Waals surface area contributed by atoms with Crippen molar-refractivity contribution in [3.63, 3.8) is 0 Å². The molecule has 0 saturated heterocycles. The summed E-state index contributed by atoms with van der Waals surface area (Å²) in [6, 6.07) is 18.0. The van der Waals surface area contributed by atoms with E-state index in [2.05, 4.69) is 31.6 Å². The molecule has 9 N–H and O–H groups in total. The number of alkyl carbamates (subject to hydrolysis) is 1. The van der Waals surface area contributed by atoms with Crippen molar-refractivity contribution in [1.82, 2.24) is 31.6 Å². The summed E-state index contributed by atoms with van der Waals surface area (Å²) in [5.74, 6) is -4.41. The number of rotatable bonds is 23. The number of aryl methyl sites for hydroxylation is 1. The molecule has 0 spiro atoms. The molecule has 0 radical (unpaired) electrons. The van der Waals surface area contributed by atoms with E-state index in [0.717, 1.165) is 16.5 Å². The zero-order chi connectivity index (χ0) is 45.2. The summed E-state index contributed by atoms with van der Waals surface area (Å²) in [5.41, 5.74) is 7.83. The standard InChI is InChI=1S/C45H57N7O10/c1-45(2,3)62-44(60)52-36(25-30-27-48-33-15-9-8-14-32(30)33)42(58)49-34(16-10-11-23-47-38(53)22-19-28-17-20-31(61-4)21-18-28)41(57)51-37(26-39(54)55)43(59)50-35(40(46)56)24-29-12-6-5-7-13-29/h5-9,12-15,17-18,20-21,27,34-37,48H,10-11,16,19,22-26H2,1-4H3,(H2,46,56)(H,47,53)(H,49,58)(H,50,59)(H,51,57)(H,52,60)(H,54,55)/t34-,35-,36-,37-/m0/s1. The number of aliphatic carboxylic acids is 1. The Labute approximate surface area is 360 Å². The molecule has 0 aliphatic carbocycles. The van der Waals surface area contributed by atoms with Crippen molar-refractivity contribution in [3.05, 3.63) is 102 Å². The number of unbranched alkanes of at least 4 members (excludes halogenated alkanes) is 1. The third kappa shape index (κ3) is 15.9. The van der Waals surface area contributed by atoms with Crippen LogP contribution in [0.1, 0.15) is 69.6 Å². The molecule has 0 fully saturated rings. The number of para-hydroxylation sites is 1. The number of carboxylic acid groups (broad SMARTS) is 1. The van der Waals surface area contributed by atoms with E-state index < -0.39 is 71.9 Å². The molecule has 1 heterocycles. The van der Waals surface area contributed by atoms with Crippen LogP contribution >= 0.6 is 0 Å². The molecule has 0 aliphatic heterocycles. The Balaban J connectivity index is 1.51. The van der Waals surface area contributed by atoms with Gasteiger partial charge in [0.05, 0.1) is 13.5 Å². The van der Waals surface area contributed by atoms with Gasteiger partial charge in [0.1, 0.15) is 35.5 Å². The highest BCUT2D eigenvalue weighted by atomic mass is 16.6. The van der Waals surface area contributed by atoms with Gasteiger partial charge >= 0.3 is 12.1 Å². The van der Waals surface area contributed by atoms with E-state index in [1.807, 2.05) is 48.5 Å². The number of fused-ring (bicyclic) bond motifs is 1. The highest BCUT2D eigenvalue weighted by Gasteiger charge is 2.33. The van der Waals surface area contributed by atoms with Crippen molar-refractivity contribution in [2.75, 3.05) is 13.7 Å². The second-order valence-electron chi connectivity index (χ2n) is 15.8. The lowest BCUT2D eigenvalue weighted by atomic mass is 10.0. The molecular formula is C45H57N7O10. The summed E-state index contributed by atoms with van der Waals surface area (Å²) >= 11 is 0. The topological polar surface area (TPSA) is 260 Å². The Kier molecular flexibility index (Phi) is 17.9. The number of aromatic amines is 1. The predicted octanol–water partition coefficient (Wildman–Crippen LogP) is 3.19. The summed E-state index contributed by atoms with van der Waals surface area (Å²) in [6.45, 7) is 5.26. The number of nitrogens with one attached hydrogen (secondary N) is 6. The molecule has 6 amide bonds. The van der Waals surface area contributed by atoms with E-state index in [4.69, 9.17) is 15.2 Å². The van der Waals surface area contributed by atoms with Gasteiger partial charge in [-0.2, -0.15) is 0 Å². The maximum absolute atomic E-state index is 14.2. The Bertz CT molecular complexity index is 2150. The molecule has 17 heteroatoms. The molecule has 4 aromatic rings. The molecule has 3 aromatic carbocycles. The van der Waals surface area contributed by atoms with Crippen LogP contribution < -0.4 is 37.1 Å². The first-order valence-electron chi connectivity index (χ1n) is 20.4. The number of carboxylic acids is 1. The van der Waals surface area contributed by atoms with E-state index in [1.165, 1.54) is 0 Å². The van der Waals surface area contributed by atoms with Crippen LogP contribution in [-0.2, 0) is 52.8 Å². The van der Waals surface area contributed by atoms with E-state index in [1.54, 1.807) is 64.4 Å². The van der Waals surface area contributed by atoms with Gasteiger partial charge in [0.15, 0.2) is 0 Å². The molecule has 1 aromatic heterocycles. The zero-order valence-electron chi connectivity index (χ0n) is 35.5. The van der Waals surface area contributed by atoms with Crippen LogP contribution in [0.25, 0.3) is 10.9 Å². The van der Waals surface area contributed by atoms with Crippen molar-refractivity contribution in [3.8, 4) is 5.75 Å². The number of hydrogen-bond donors (Lipinski definition) is 8. The fourth-order valence-corrected chi connectivity index (χ4v) is 6.56. The molecule has 332 valence electrons. The molecule has 0 aliphatic rings. The summed E-state index contributed by atoms with van der Waals surface area (Å²) < 4.78 is 10.6. The van der Waals surface area contributed by atoms with Crippen LogP contribution in [0, 0.1) is 0 Å².